The zero-order valence-electron chi connectivity index (χ0n) is 19.4. The highest BCUT2D eigenvalue weighted by Crippen LogP contribution is 2.31. The molecule has 5 heterocycles. The van der Waals surface area contributed by atoms with Gasteiger partial charge in [0.15, 0.2) is 17.3 Å². The van der Waals surface area contributed by atoms with Gasteiger partial charge in [0.25, 0.3) is 5.91 Å². The lowest BCUT2D eigenvalue weighted by atomic mass is 9.97. The van der Waals surface area contributed by atoms with Gasteiger partial charge in [-0.3, -0.25) is 9.48 Å². The Morgan fingerprint density at radius 3 is 2.70 bits per heavy atom. The van der Waals surface area contributed by atoms with E-state index in [0.29, 0.717) is 30.4 Å². The predicted octanol–water partition coefficient (Wildman–Crippen LogP) is 3.47. The second kappa shape index (κ2) is 9.09. The number of nitrogens with zero attached hydrogens (tertiary/aromatic N) is 6. The van der Waals surface area contributed by atoms with Gasteiger partial charge in [0.1, 0.15) is 0 Å². The molecule has 33 heavy (non-hydrogen) atoms. The van der Waals surface area contributed by atoms with Gasteiger partial charge in [0.2, 0.25) is 5.89 Å². The summed E-state index contributed by atoms with van der Waals surface area (Å²) in [4.78, 5) is 19.7. The van der Waals surface area contributed by atoms with E-state index in [4.69, 9.17) is 13.8 Å². The first-order valence-corrected chi connectivity index (χ1v) is 11.8. The first-order chi connectivity index (χ1) is 16.0. The number of carbonyl (C=O) groups is 1. The van der Waals surface area contributed by atoms with Crippen molar-refractivity contribution in [1.29, 1.82) is 0 Å². The normalized spacial score (nSPS) is 19.8. The second-order valence-corrected chi connectivity index (χ2v) is 8.91. The highest BCUT2D eigenvalue weighted by atomic mass is 16.5. The summed E-state index contributed by atoms with van der Waals surface area (Å²) < 4.78 is 18.5. The molecular formula is C23H30N6O4. The van der Waals surface area contributed by atoms with Gasteiger partial charge < -0.3 is 18.7 Å². The fraction of sp³-hybridized carbons (Fsp3) is 0.609. The summed E-state index contributed by atoms with van der Waals surface area (Å²) in [5, 5.41) is 12.8. The van der Waals surface area contributed by atoms with Crippen LogP contribution in [0.2, 0.25) is 0 Å². The van der Waals surface area contributed by atoms with Gasteiger partial charge >= 0.3 is 0 Å². The molecule has 0 radical (unpaired) electrons. The van der Waals surface area contributed by atoms with E-state index in [9.17, 15) is 4.79 Å². The van der Waals surface area contributed by atoms with Gasteiger partial charge in [-0.15, -0.1) is 0 Å². The van der Waals surface area contributed by atoms with Gasteiger partial charge in [0, 0.05) is 50.5 Å². The minimum absolute atomic E-state index is 0.0300. The zero-order valence-corrected chi connectivity index (χ0v) is 19.4. The van der Waals surface area contributed by atoms with Crippen molar-refractivity contribution < 1.29 is 18.6 Å². The molecule has 0 N–H and O–H groups in total. The standard InChI is InChI=1S/C23H30N6O4/c1-4-29-15(3)20(14(2)25-29)19-12-18(26-32-19)23(30)28-9-5-6-17(13-28)22-24-21(27-33-22)16-7-10-31-11-8-16/h12,16-17H,4-11,13H2,1-3H3. The Hall–Kier alpha value is -3.01. The summed E-state index contributed by atoms with van der Waals surface area (Å²) in [5.41, 5.74) is 3.06. The topological polar surface area (TPSA) is 112 Å². The van der Waals surface area contributed by atoms with E-state index in [1.54, 1.807) is 6.07 Å². The minimum atomic E-state index is -0.142. The molecule has 1 atom stereocenters. The Morgan fingerprint density at radius 1 is 1.12 bits per heavy atom. The van der Waals surface area contributed by atoms with Crippen LogP contribution in [0.5, 0.6) is 0 Å². The summed E-state index contributed by atoms with van der Waals surface area (Å²) in [6.45, 7) is 9.42. The van der Waals surface area contributed by atoms with Crippen LogP contribution in [0.4, 0.5) is 0 Å². The number of aromatic nitrogens is 5. The second-order valence-electron chi connectivity index (χ2n) is 8.91. The van der Waals surface area contributed by atoms with Crippen molar-refractivity contribution in [2.45, 2.75) is 64.8 Å². The molecule has 2 saturated heterocycles. The van der Waals surface area contributed by atoms with Crippen molar-refractivity contribution in [3.8, 4) is 11.3 Å². The first kappa shape index (κ1) is 21.8. The summed E-state index contributed by atoms with van der Waals surface area (Å²) >= 11 is 0. The molecule has 0 aliphatic carbocycles. The first-order valence-electron chi connectivity index (χ1n) is 11.8. The number of carbonyl (C=O) groups excluding carboxylic acids is 1. The van der Waals surface area contributed by atoms with Gasteiger partial charge in [-0.2, -0.15) is 10.1 Å². The summed E-state index contributed by atoms with van der Waals surface area (Å²) in [7, 11) is 0. The predicted molar refractivity (Wildman–Crippen MR) is 118 cm³/mol. The van der Waals surface area contributed by atoms with Crippen LogP contribution in [0.3, 0.4) is 0 Å². The molecule has 10 nitrogen and oxygen atoms in total. The van der Waals surface area contributed by atoms with E-state index in [1.165, 1.54) is 0 Å². The van der Waals surface area contributed by atoms with Crippen LogP contribution < -0.4 is 0 Å². The van der Waals surface area contributed by atoms with Gasteiger partial charge in [-0.25, -0.2) is 0 Å². The monoisotopic (exact) mass is 454 g/mol. The van der Waals surface area contributed by atoms with E-state index in [0.717, 1.165) is 68.2 Å². The third-order valence-electron chi connectivity index (χ3n) is 6.76. The van der Waals surface area contributed by atoms with Crippen molar-refractivity contribution in [3.63, 3.8) is 0 Å². The van der Waals surface area contributed by atoms with Gasteiger partial charge in [-0.05, 0) is 46.5 Å². The maximum Gasteiger partial charge on any atom is 0.276 e. The van der Waals surface area contributed by atoms with E-state index < -0.39 is 0 Å². The molecule has 0 spiro atoms. The summed E-state index contributed by atoms with van der Waals surface area (Å²) in [6, 6.07) is 1.72. The molecule has 1 amide bonds. The summed E-state index contributed by atoms with van der Waals surface area (Å²) in [6.07, 6.45) is 3.62. The number of hydrogen-bond acceptors (Lipinski definition) is 8. The number of likely N-dealkylation sites (tertiary alicyclic amines) is 1. The number of ether oxygens (including phenoxy) is 1. The van der Waals surface area contributed by atoms with Crippen LogP contribution in [0.15, 0.2) is 15.1 Å². The van der Waals surface area contributed by atoms with E-state index in [1.807, 2.05) is 30.4 Å². The van der Waals surface area contributed by atoms with Gasteiger partial charge in [0.05, 0.1) is 17.2 Å². The molecule has 2 aliphatic rings. The maximum atomic E-state index is 13.2. The highest BCUT2D eigenvalue weighted by molar-refractivity contribution is 5.93. The average Bonchev–Trinajstić information content (AvgIpc) is 3.58. The van der Waals surface area contributed by atoms with Crippen LogP contribution in [0.25, 0.3) is 11.3 Å². The van der Waals surface area contributed by atoms with Crippen molar-refractivity contribution in [2.75, 3.05) is 26.3 Å². The smallest absolute Gasteiger partial charge is 0.276 e. The molecule has 2 aliphatic heterocycles. The van der Waals surface area contributed by atoms with Crippen LogP contribution in [0, 0.1) is 13.8 Å². The molecule has 176 valence electrons. The SMILES string of the molecule is CCn1nc(C)c(-c2cc(C(=O)N3CCCC(c4nc(C5CCOCC5)no4)C3)no2)c1C. The number of aryl methyl sites for hydroxylation is 2. The average molecular weight is 455 g/mol. The van der Waals surface area contributed by atoms with Crippen molar-refractivity contribution >= 4 is 5.91 Å². The molecule has 0 aromatic carbocycles. The summed E-state index contributed by atoms with van der Waals surface area (Å²) in [5.74, 6) is 2.12. The molecular weight excluding hydrogens is 424 g/mol. The van der Waals surface area contributed by atoms with E-state index in [2.05, 4.69) is 20.4 Å². The Balaban J connectivity index is 1.29. The lowest BCUT2D eigenvalue weighted by molar-refractivity contribution is 0.0685. The Kier molecular flexibility index (Phi) is 6.01. The van der Waals surface area contributed by atoms with Gasteiger partial charge in [-0.1, -0.05) is 10.3 Å². The fourth-order valence-corrected chi connectivity index (χ4v) is 4.92. The third kappa shape index (κ3) is 4.19. The lowest BCUT2D eigenvalue weighted by Gasteiger charge is -2.30. The third-order valence-corrected chi connectivity index (χ3v) is 6.76. The highest BCUT2D eigenvalue weighted by Gasteiger charge is 2.32. The van der Waals surface area contributed by atoms with Crippen LogP contribution in [0.1, 0.15) is 78.0 Å². The molecule has 10 heteroatoms. The molecule has 3 aromatic rings. The van der Waals surface area contributed by atoms with E-state index in [-0.39, 0.29) is 17.7 Å². The number of piperidine rings is 1. The largest absolute Gasteiger partial charge is 0.381 e. The number of amides is 1. The number of rotatable bonds is 5. The molecule has 3 aromatic heterocycles. The van der Waals surface area contributed by atoms with E-state index >= 15 is 0 Å². The van der Waals surface area contributed by atoms with Crippen LogP contribution in [-0.4, -0.2) is 62.2 Å². The van der Waals surface area contributed by atoms with Crippen molar-refractivity contribution in [3.05, 3.63) is 34.9 Å². The quantitative estimate of drug-likeness (QED) is 0.576. The molecule has 1 unspecified atom stereocenters. The van der Waals surface area contributed by atoms with Crippen LogP contribution >= 0.6 is 0 Å². The zero-order chi connectivity index (χ0) is 22.9. The maximum absolute atomic E-state index is 13.2. The Bertz CT molecular complexity index is 1130. The molecule has 5 rings (SSSR count). The van der Waals surface area contributed by atoms with Crippen LogP contribution in [-0.2, 0) is 11.3 Å². The molecule has 2 fully saturated rings. The van der Waals surface area contributed by atoms with Crippen molar-refractivity contribution in [2.24, 2.45) is 0 Å². The minimum Gasteiger partial charge on any atom is -0.381 e. The fourth-order valence-electron chi connectivity index (χ4n) is 4.92. The Morgan fingerprint density at radius 2 is 1.94 bits per heavy atom. The molecule has 0 saturated carbocycles. The Labute approximate surface area is 192 Å². The molecule has 0 bridgehead atoms. The lowest BCUT2D eigenvalue weighted by Crippen LogP contribution is -2.39. The van der Waals surface area contributed by atoms with Crippen molar-refractivity contribution in [1.82, 2.24) is 30.0 Å². The number of hydrogen-bond donors (Lipinski definition) is 0.